The van der Waals surface area contributed by atoms with Gasteiger partial charge in [0.25, 0.3) is 0 Å². The Morgan fingerprint density at radius 1 is 0.808 bits per heavy atom. The number of hydrogen-bond acceptors (Lipinski definition) is 3. The summed E-state index contributed by atoms with van der Waals surface area (Å²) in [5.41, 5.74) is -3.32. The molecular formula is C16H8F6O4. The Labute approximate surface area is 141 Å². The van der Waals surface area contributed by atoms with Gasteiger partial charge in [-0.1, -0.05) is 12.1 Å². The summed E-state index contributed by atoms with van der Waals surface area (Å²) in [6.45, 7) is 0. The fourth-order valence-electron chi connectivity index (χ4n) is 2.11. The van der Waals surface area contributed by atoms with Crippen molar-refractivity contribution in [3.8, 4) is 11.1 Å². The van der Waals surface area contributed by atoms with Crippen LogP contribution in [0.3, 0.4) is 0 Å². The predicted octanol–water partition coefficient (Wildman–Crippen LogP) is 5.23. The maximum absolute atomic E-state index is 12.9. The number of carbonyl (C=O) groups is 2. The summed E-state index contributed by atoms with van der Waals surface area (Å²) < 4.78 is 80.4. The van der Waals surface area contributed by atoms with Gasteiger partial charge in [-0.3, -0.25) is 0 Å². The zero-order valence-electron chi connectivity index (χ0n) is 12.5. The molecule has 0 aromatic heterocycles. The second kappa shape index (κ2) is 6.70. The summed E-state index contributed by atoms with van der Waals surface area (Å²) in [5.74, 6) is -1.46. The number of benzene rings is 2. The van der Waals surface area contributed by atoms with Crippen molar-refractivity contribution in [3.63, 3.8) is 0 Å². The van der Waals surface area contributed by atoms with Gasteiger partial charge >= 0.3 is 24.5 Å². The van der Waals surface area contributed by atoms with Crippen LogP contribution in [0.1, 0.15) is 21.5 Å². The Morgan fingerprint density at radius 2 is 1.31 bits per heavy atom. The van der Waals surface area contributed by atoms with Gasteiger partial charge in [0.2, 0.25) is 0 Å². The lowest BCUT2D eigenvalue weighted by atomic mass is 9.96. The summed E-state index contributed by atoms with van der Waals surface area (Å²) in [4.78, 5) is 22.2. The third kappa shape index (κ3) is 4.32. The van der Waals surface area contributed by atoms with Gasteiger partial charge < -0.3 is 9.84 Å². The fraction of sp³-hybridized carbons (Fsp3) is 0.125. The minimum atomic E-state index is -4.78. The van der Waals surface area contributed by atoms with E-state index >= 15 is 0 Å². The smallest absolute Gasteiger partial charge is 0.449 e. The first kappa shape index (κ1) is 19.3. The quantitative estimate of drug-likeness (QED) is 0.442. The normalized spacial score (nSPS) is 11.9. The van der Waals surface area contributed by atoms with E-state index in [1.807, 2.05) is 0 Å². The summed E-state index contributed by atoms with van der Waals surface area (Å²) in [5, 5.41) is 8.47. The van der Waals surface area contributed by atoms with Gasteiger partial charge in [0.05, 0.1) is 16.7 Å². The van der Waals surface area contributed by atoms with Crippen LogP contribution in [0.25, 0.3) is 11.1 Å². The van der Waals surface area contributed by atoms with E-state index in [9.17, 15) is 35.9 Å². The van der Waals surface area contributed by atoms with Crippen molar-refractivity contribution in [1.29, 1.82) is 0 Å². The van der Waals surface area contributed by atoms with Gasteiger partial charge in [-0.25, -0.2) is 9.59 Å². The Kier molecular flexibility index (Phi) is 4.97. The average Bonchev–Trinajstić information content (AvgIpc) is 2.52. The first-order valence-corrected chi connectivity index (χ1v) is 6.73. The van der Waals surface area contributed by atoms with E-state index in [2.05, 4.69) is 4.74 Å². The number of esters is 1. The topological polar surface area (TPSA) is 63.6 Å². The van der Waals surface area contributed by atoms with Gasteiger partial charge in [0.1, 0.15) is 0 Å². The van der Waals surface area contributed by atoms with Gasteiger partial charge in [-0.15, -0.1) is 0 Å². The van der Waals surface area contributed by atoms with Crippen molar-refractivity contribution in [2.24, 2.45) is 0 Å². The van der Waals surface area contributed by atoms with E-state index < -0.39 is 46.7 Å². The van der Waals surface area contributed by atoms with Gasteiger partial charge in [-0.05, 0) is 41.5 Å². The molecule has 0 aliphatic carbocycles. The molecule has 1 N–H and O–H groups in total. The van der Waals surface area contributed by atoms with E-state index in [1.165, 1.54) is 0 Å². The fourth-order valence-corrected chi connectivity index (χ4v) is 2.11. The number of carbonyl (C=O) groups excluding carboxylic acids is 1. The largest absolute Gasteiger partial charge is 0.513 e. The monoisotopic (exact) mass is 378 g/mol. The van der Waals surface area contributed by atoms with Crippen LogP contribution in [0.4, 0.5) is 31.1 Å². The second-order valence-electron chi connectivity index (χ2n) is 4.99. The number of hydrogen-bond donors (Lipinski definition) is 1. The van der Waals surface area contributed by atoms with Crippen molar-refractivity contribution in [3.05, 3.63) is 59.2 Å². The number of rotatable bonds is 2. The minimum absolute atomic E-state index is 0.151. The first-order chi connectivity index (χ1) is 11.9. The lowest BCUT2D eigenvalue weighted by Gasteiger charge is -2.13. The third-order valence-corrected chi connectivity index (χ3v) is 3.27. The van der Waals surface area contributed by atoms with Crippen LogP contribution >= 0.6 is 0 Å². The molecule has 0 unspecified atom stereocenters. The molecule has 0 saturated carbocycles. The molecule has 0 heterocycles. The minimum Gasteiger partial charge on any atom is -0.449 e. The predicted molar refractivity (Wildman–Crippen MR) is 75.3 cm³/mol. The zero-order chi connectivity index (χ0) is 19.7. The maximum Gasteiger partial charge on any atom is 0.513 e. The van der Waals surface area contributed by atoms with Crippen LogP contribution < -0.4 is 0 Å². The van der Waals surface area contributed by atoms with Crippen molar-refractivity contribution in [2.45, 2.75) is 12.4 Å². The third-order valence-electron chi connectivity index (χ3n) is 3.27. The molecule has 138 valence electrons. The average molecular weight is 378 g/mol. The molecule has 0 amide bonds. The lowest BCUT2D eigenvalue weighted by Crippen LogP contribution is -2.13. The molecule has 2 aromatic carbocycles. The van der Waals surface area contributed by atoms with Crippen LogP contribution in [-0.2, 0) is 17.1 Å². The van der Waals surface area contributed by atoms with Gasteiger partial charge in [-0.2, -0.15) is 26.3 Å². The van der Waals surface area contributed by atoms with Crippen LogP contribution in [0.15, 0.2) is 42.5 Å². The van der Waals surface area contributed by atoms with Crippen LogP contribution in [0.2, 0.25) is 0 Å². The molecule has 0 fully saturated rings. The molecule has 26 heavy (non-hydrogen) atoms. The first-order valence-electron chi connectivity index (χ1n) is 6.73. The van der Waals surface area contributed by atoms with E-state index in [0.29, 0.717) is 30.3 Å². The molecule has 0 spiro atoms. The number of ether oxygens (including phenoxy) is 1. The maximum atomic E-state index is 12.9. The molecule has 0 radical (unpaired) electrons. The molecule has 0 aliphatic rings. The number of alkyl halides is 6. The van der Waals surface area contributed by atoms with Crippen molar-refractivity contribution < 1.29 is 45.8 Å². The van der Waals surface area contributed by atoms with Crippen molar-refractivity contribution in [2.75, 3.05) is 0 Å². The molecule has 2 aromatic rings. The van der Waals surface area contributed by atoms with Crippen LogP contribution in [0, 0.1) is 0 Å². The van der Waals surface area contributed by atoms with E-state index in [0.717, 1.165) is 12.1 Å². The number of halogens is 6. The van der Waals surface area contributed by atoms with E-state index in [1.54, 1.807) is 0 Å². The van der Waals surface area contributed by atoms with E-state index in [-0.39, 0.29) is 5.56 Å². The summed E-state index contributed by atoms with van der Waals surface area (Å²) in [6, 6.07) is 4.75. The Bertz CT molecular complexity index is 837. The highest BCUT2D eigenvalue weighted by molar-refractivity contribution is 6.01. The summed E-state index contributed by atoms with van der Waals surface area (Å²) in [6.07, 6.45) is -11.4. The summed E-state index contributed by atoms with van der Waals surface area (Å²) >= 11 is 0. The SMILES string of the molecule is O=C(O)OC(=O)c1ccc(C(F)(F)F)cc1-c1ccc(C(F)(F)F)cc1. The van der Waals surface area contributed by atoms with Crippen molar-refractivity contribution >= 4 is 12.1 Å². The Hall–Kier alpha value is -3.04. The molecule has 0 saturated heterocycles. The standard InChI is InChI=1S/C16H8F6O4/c17-15(18,19)9-3-1-8(2-4-9)12-7-10(16(20,21)22)5-6-11(12)13(23)26-14(24)25/h1-7H,(H,24,25). The zero-order valence-corrected chi connectivity index (χ0v) is 12.5. The molecule has 0 aliphatic heterocycles. The highest BCUT2D eigenvalue weighted by Gasteiger charge is 2.33. The molecule has 10 heteroatoms. The van der Waals surface area contributed by atoms with Gasteiger partial charge in [0.15, 0.2) is 0 Å². The lowest BCUT2D eigenvalue weighted by molar-refractivity contribution is -0.138. The second-order valence-corrected chi connectivity index (χ2v) is 4.99. The van der Waals surface area contributed by atoms with Gasteiger partial charge in [0, 0.05) is 0 Å². The summed E-state index contributed by atoms with van der Waals surface area (Å²) in [7, 11) is 0. The molecule has 0 bridgehead atoms. The number of carboxylic acid groups (broad SMARTS) is 1. The highest BCUT2D eigenvalue weighted by atomic mass is 19.4. The van der Waals surface area contributed by atoms with E-state index in [4.69, 9.17) is 5.11 Å². The Balaban J connectivity index is 2.59. The molecule has 0 atom stereocenters. The molecule has 2 rings (SSSR count). The highest BCUT2D eigenvalue weighted by Crippen LogP contribution is 2.36. The Morgan fingerprint density at radius 3 is 1.77 bits per heavy atom. The molecular weight excluding hydrogens is 370 g/mol. The van der Waals surface area contributed by atoms with Crippen molar-refractivity contribution in [1.82, 2.24) is 0 Å². The van der Waals surface area contributed by atoms with Crippen LogP contribution in [0.5, 0.6) is 0 Å². The molecule has 4 nitrogen and oxygen atoms in total. The van der Waals surface area contributed by atoms with Crippen LogP contribution in [-0.4, -0.2) is 17.2 Å².